The van der Waals surface area contributed by atoms with Crippen LogP contribution in [-0.4, -0.2) is 111 Å². The first kappa shape index (κ1) is 23.3. The van der Waals surface area contributed by atoms with Gasteiger partial charge in [-0.3, -0.25) is 0 Å². The maximum absolute atomic E-state index is 10.2. The minimum Gasteiger partial charge on any atom is -0.508 e. The van der Waals surface area contributed by atoms with Crippen LogP contribution in [-0.2, 0) is 25.4 Å². The number of benzene rings is 1. The zero-order valence-corrected chi connectivity index (χ0v) is 16.1. The number of hydrogen-bond acceptors (Lipinski definition) is 11. The smallest absolute Gasteiger partial charge is 0.186 e. The van der Waals surface area contributed by atoms with Gasteiger partial charge in [0.1, 0.15) is 41.9 Å². The number of ether oxygens (including phenoxy) is 4. The van der Waals surface area contributed by atoms with Crippen LogP contribution in [0.2, 0.25) is 0 Å². The second-order valence-corrected chi connectivity index (χ2v) is 7.52. The van der Waals surface area contributed by atoms with Crippen molar-refractivity contribution in [3.05, 3.63) is 29.8 Å². The van der Waals surface area contributed by atoms with Gasteiger partial charge < -0.3 is 54.7 Å². The molecule has 3 rings (SSSR count). The summed E-state index contributed by atoms with van der Waals surface area (Å²) in [5, 5.41) is 68.8. The van der Waals surface area contributed by atoms with Gasteiger partial charge in [0.05, 0.1) is 26.4 Å². The van der Waals surface area contributed by atoms with E-state index in [0.717, 1.165) is 5.56 Å². The van der Waals surface area contributed by atoms with Crippen molar-refractivity contribution in [1.29, 1.82) is 0 Å². The number of aliphatic hydroxyl groups excluding tert-OH is 5. The third-order valence-electron chi connectivity index (χ3n) is 5.28. The SMILES string of the molecule is OC[C@@]1(O)CO[C@@H](OC[C@H]2O[C@H](OCCc3ccc(O)cc3)[C@H](O)[C@H](O)[C@H]2O)[C@@H]1O. The third-order valence-corrected chi connectivity index (χ3v) is 5.28. The van der Waals surface area contributed by atoms with Crippen molar-refractivity contribution in [3.63, 3.8) is 0 Å². The molecule has 2 saturated heterocycles. The molecule has 11 heteroatoms. The summed E-state index contributed by atoms with van der Waals surface area (Å²) in [7, 11) is 0. The Labute approximate surface area is 172 Å². The van der Waals surface area contributed by atoms with Gasteiger partial charge in [0.25, 0.3) is 0 Å². The van der Waals surface area contributed by atoms with Gasteiger partial charge in [-0.05, 0) is 24.1 Å². The molecule has 1 aromatic rings. The lowest BCUT2D eigenvalue weighted by atomic mass is 9.99. The summed E-state index contributed by atoms with van der Waals surface area (Å²) in [6.07, 6.45) is -9.23. The molecule has 2 fully saturated rings. The fourth-order valence-corrected chi connectivity index (χ4v) is 3.27. The largest absolute Gasteiger partial charge is 0.508 e. The Kier molecular flexibility index (Phi) is 7.63. The predicted molar refractivity (Wildman–Crippen MR) is 98.2 cm³/mol. The molecule has 8 atom stereocenters. The van der Waals surface area contributed by atoms with Gasteiger partial charge in [0.2, 0.25) is 0 Å². The molecular formula is C19H28O11. The van der Waals surface area contributed by atoms with Crippen LogP contribution in [0.1, 0.15) is 5.56 Å². The molecule has 0 radical (unpaired) electrons. The number of aliphatic hydroxyl groups is 6. The van der Waals surface area contributed by atoms with Gasteiger partial charge in [0.15, 0.2) is 12.6 Å². The molecule has 0 amide bonds. The van der Waals surface area contributed by atoms with E-state index in [2.05, 4.69) is 0 Å². The first-order valence-corrected chi connectivity index (χ1v) is 9.59. The normalized spacial score (nSPS) is 39.3. The molecule has 0 aromatic heterocycles. The Bertz CT molecular complexity index is 671. The van der Waals surface area contributed by atoms with Crippen molar-refractivity contribution in [2.24, 2.45) is 0 Å². The van der Waals surface area contributed by atoms with E-state index in [0.29, 0.717) is 6.42 Å². The quantitative estimate of drug-likeness (QED) is 0.226. The second-order valence-electron chi connectivity index (χ2n) is 7.52. The Balaban J connectivity index is 1.52. The molecular weight excluding hydrogens is 404 g/mol. The van der Waals surface area contributed by atoms with E-state index in [1.54, 1.807) is 12.1 Å². The molecule has 30 heavy (non-hydrogen) atoms. The Morgan fingerprint density at radius 1 is 0.967 bits per heavy atom. The summed E-state index contributed by atoms with van der Waals surface area (Å²) in [5.74, 6) is 0.138. The monoisotopic (exact) mass is 432 g/mol. The Morgan fingerprint density at radius 2 is 1.67 bits per heavy atom. The number of aromatic hydroxyl groups is 1. The predicted octanol–water partition coefficient (Wildman–Crippen LogP) is -2.78. The van der Waals surface area contributed by atoms with E-state index < -0.39 is 55.3 Å². The van der Waals surface area contributed by atoms with E-state index in [9.17, 15) is 30.6 Å². The van der Waals surface area contributed by atoms with Crippen molar-refractivity contribution >= 4 is 0 Å². The number of phenolic OH excluding ortho intramolecular Hbond substituents is 1. The Hall–Kier alpha value is -1.38. The molecule has 2 aliphatic rings. The van der Waals surface area contributed by atoms with E-state index >= 15 is 0 Å². The fourth-order valence-electron chi connectivity index (χ4n) is 3.27. The fraction of sp³-hybridized carbons (Fsp3) is 0.684. The third kappa shape index (κ3) is 5.08. The highest BCUT2D eigenvalue weighted by Gasteiger charge is 2.50. The summed E-state index contributed by atoms with van der Waals surface area (Å²) < 4.78 is 21.5. The van der Waals surface area contributed by atoms with E-state index in [1.807, 2.05) is 0 Å². The van der Waals surface area contributed by atoms with Gasteiger partial charge >= 0.3 is 0 Å². The summed E-state index contributed by atoms with van der Waals surface area (Å²) in [6, 6.07) is 6.50. The summed E-state index contributed by atoms with van der Waals surface area (Å²) in [5.41, 5.74) is -0.978. The highest BCUT2D eigenvalue weighted by Crippen LogP contribution is 2.27. The lowest BCUT2D eigenvalue weighted by Crippen LogP contribution is -2.59. The minimum absolute atomic E-state index is 0.136. The maximum atomic E-state index is 10.2. The van der Waals surface area contributed by atoms with E-state index in [-0.39, 0.29) is 25.6 Å². The van der Waals surface area contributed by atoms with Crippen LogP contribution in [0.15, 0.2) is 24.3 Å². The highest BCUT2D eigenvalue weighted by molar-refractivity contribution is 5.25. The van der Waals surface area contributed by atoms with Crippen LogP contribution in [0.5, 0.6) is 5.75 Å². The molecule has 0 bridgehead atoms. The Morgan fingerprint density at radius 3 is 2.30 bits per heavy atom. The summed E-state index contributed by atoms with van der Waals surface area (Å²) >= 11 is 0. The van der Waals surface area contributed by atoms with Gasteiger partial charge in [-0.15, -0.1) is 0 Å². The van der Waals surface area contributed by atoms with Gasteiger partial charge in [-0.2, -0.15) is 0 Å². The van der Waals surface area contributed by atoms with Crippen LogP contribution in [0.4, 0.5) is 0 Å². The molecule has 0 spiro atoms. The molecule has 0 saturated carbocycles. The lowest BCUT2D eigenvalue weighted by Gasteiger charge is -2.40. The van der Waals surface area contributed by atoms with Crippen LogP contribution < -0.4 is 0 Å². The summed E-state index contributed by atoms with van der Waals surface area (Å²) in [4.78, 5) is 0. The highest BCUT2D eigenvalue weighted by atomic mass is 16.7. The van der Waals surface area contributed by atoms with Gasteiger partial charge in [-0.1, -0.05) is 12.1 Å². The molecule has 7 N–H and O–H groups in total. The topological polar surface area (TPSA) is 179 Å². The number of hydrogen-bond donors (Lipinski definition) is 7. The first-order valence-electron chi connectivity index (χ1n) is 9.59. The average molecular weight is 432 g/mol. The van der Waals surface area contributed by atoms with Gasteiger partial charge in [0, 0.05) is 0 Å². The zero-order valence-electron chi connectivity index (χ0n) is 16.1. The molecule has 170 valence electrons. The van der Waals surface area contributed by atoms with Gasteiger partial charge in [-0.25, -0.2) is 0 Å². The number of phenols is 1. The van der Waals surface area contributed by atoms with Crippen molar-refractivity contribution in [2.45, 2.75) is 55.1 Å². The molecule has 0 unspecified atom stereocenters. The van der Waals surface area contributed by atoms with Crippen LogP contribution in [0.3, 0.4) is 0 Å². The lowest BCUT2D eigenvalue weighted by molar-refractivity contribution is -0.309. The zero-order chi connectivity index (χ0) is 21.9. The molecule has 2 heterocycles. The number of rotatable bonds is 8. The minimum atomic E-state index is -1.85. The molecule has 1 aromatic carbocycles. The van der Waals surface area contributed by atoms with Crippen LogP contribution in [0, 0.1) is 0 Å². The van der Waals surface area contributed by atoms with Crippen molar-refractivity contribution in [1.82, 2.24) is 0 Å². The van der Waals surface area contributed by atoms with E-state index in [4.69, 9.17) is 24.1 Å². The molecule has 2 aliphatic heterocycles. The second kappa shape index (κ2) is 9.83. The standard InChI is InChI=1S/C19H28O11/c20-8-19(26)9-29-18(16(19)25)28-7-12-13(22)14(23)15(24)17(30-12)27-6-5-10-1-3-11(21)4-2-10/h1-4,12-18,20-26H,5-9H2/t12-,13+,14-,15-,16+,17+,18-,19-/m1/s1. The maximum Gasteiger partial charge on any atom is 0.186 e. The van der Waals surface area contributed by atoms with Crippen LogP contribution >= 0.6 is 0 Å². The summed E-state index contributed by atoms with van der Waals surface area (Å²) in [6.45, 7) is -1.27. The van der Waals surface area contributed by atoms with Crippen molar-refractivity contribution < 1.29 is 54.7 Å². The van der Waals surface area contributed by atoms with Crippen molar-refractivity contribution in [2.75, 3.05) is 26.4 Å². The van der Waals surface area contributed by atoms with Crippen molar-refractivity contribution in [3.8, 4) is 5.75 Å². The first-order chi connectivity index (χ1) is 14.2. The van der Waals surface area contributed by atoms with Crippen LogP contribution in [0.25, 0.3) is 0 Å². The molecule has 11 nitrogen and oxygen atoms in total. The average Bonchev–Trinajstić information content (AvgIpc) is 3.03. The van der Waals surface area contributed by atoms with E-state index in [1.165, 1.54) is 12.1 Å². The molecule has 0 aliphatic carbocycles.